The van der Waals surface area contributed by atoms with Gasteiger partial charge in [-0.2, -0.15) is 0 Å². The number of nitrogens with zero attached hydrogens (tertiary/aromatic N) is 1. The number of hydrogen-bond donors (Lipinski definition) is 2. The Labute approximate surface area is 132 Å². The first-order valence-electron chi connectivity index (χ1n) is 7.96. The Kier molecular flexibility index (Phi) is 6.21. The molecular formula is C17H26N2O3. The van der Waals surface area contributed by atoms with Crippen LogP contribution < -0.4 is 10.1 Å². The van der Waals surface area contributed by atoms with E-state index in [1.165, 1.54) is 0 Å². The zero-order chi connectivity index (χ0) is 15.9. The van der Waals surface area contributed by atoms with E-state index in [2.05, 4.69) is 17.1 Å². The number of rotatable bonds is 7. The standard InChI is InChI=1S/C17H26N2O3/c1-3-4-14-11-19(9-10-20)12-16(14)18-17(21)13-5-7-15(22-2)8-6-13/h5-8,14,16,20H,3-4,9-12H2,1-2H3,(H,18,21)/t14-,16-/m0/s1. The molecule has 1 aliphatic heterocycles. The number of nitrogens with one attached hydrogen (secondary N) is 1. The zero-order valence-corrected chi connectivity index (χ0v) is 13.4. The van der Waals surface area contributed by atoms with Gasteiger partial charge in [-0.15, -0.1) is 0 Å². The van der Waals surface area contributed by atoms with Crippen LogP contribution in [0.2, 0.25) is 0 Å². The maximum Gasteiger partial charge on any atom is 0.251 e. The van der Waals surface area contributed by atoms with E-state index >= 15 is 0 Å². The number of aliphatic hydroxyl groups excluding tert-OH is 1. The molecule has 1 aromatic rings. The van der Waals surface area contributed by atoms with E-state index in [9.17, 15) is 4.79 Å². The molecule has 5 nitrogen and oxygen atoms in total. The van der Waals surface area contributed by atoms with Crippen LogP contribution in [0.5, 0.6) is 5.75 Å². The van der Waals surface area contributed by atoms with E-state index in [4.69, 9.17) is 9.84 Å². The van der Waals surface area contributed by atoms with Gasteiger partial charge in [-0.1, -0.05) is 13.3 Å². The molecule has 0 aliphatic carbocycles. The summed E-state index contributed by atoms with van der Waals surface area (Å²) in [6.45, 7) is 4.76. The highest BCUT2D eigenvalue weighted by atomic mass is 16.5. The highest BCUT2D eigenvalue weighted by Crippen LogP contribution is 2.22. The summed E-state index contributed by atoms with van der Waals surface area (Å²) in [7, 11) is 1.61. The van der Waals surface area contributed by atoms with Crippen LogP contribution in [-0.4, -0.2) is 55.3 Å². The zero-order valence-electron chi connectivity index (χ0n) is 13.4. The fourth-order valence-corrected chi connectivity index (χ4v) is 3.11. The molecule has 1 amide bonds. The molecule has 2 rings (SSSR count). The van der Waals surface area contributed by atoms with Crippen LogP contribution >= 0.6 is 0 Å². The first-order chi connectivity index (χ1) is 10.7. The van der Waals surface area contributed by atoms with Crippen LogP contribution in [0.3, 0.4) is 0 Å². The molecule has 22 heavy (non-hydrogen) atoms. The molecule has 0 spiro atoms. The number of carbonyl (C=O) groups is 1. The molecule has 5 heteroatoms. The van der Waals surface area contributed by atoms with Gasteiger partial charge in [-0.3, -0.25) is 9.69 Å². The van der Waals surface area contributed by atoms with Crippen molar-refractivity contribution in [1.29, 1.82) is 0 Å². The fraction of sp³-hybridized carbons (Fsp3) is 0.588. The summed E-state index contributed by atoms with van der Waals surface area (Å²) in [5.74, 6) is 1.16. The van der Waals surface area contributed by atoms with Gasteiger partial charge >= 0.3 is 0 Å². The number of ether oxygens (including phenoxy) is 1. The first-order valence-corrected chi connectivity index (χ1v) is 7.96. The third-order valence-electron chi connectivity index (χ3n) is 4.26. The van der Waals surface area contributed by atoms with Crippen molar-refractivity contribution in [3.63, 3.8) is 0 Å². The second-order valence-electron chi connectivity index (χ2n) is 5.84. The molecule has 2 N–H and O–H groups in total. The molecule has 0 saturated carbocycles. The first kappa shape index (κ1) is 16.8. The average Bonchev–Trinajstić information content (AvgIpc) is 2.89. The maximum absolute atomic E-state index is 12.4. The van der Waals surface area contributed by atoms with Gasteiger partial charge in [-0.05, 0) is 36.6 Å². The molecule has 0 aromatic heterocycles. The van der Waals surface area contributed by atoms with Gasteiger partial charge in [0.15, 0.2) is 0 Å². The summed E-state index contributed by atoms with van der Waals surface area (Å²) >= 11 is 0. The van der Waals surface area contributed by atoms with E-state index in [1.54, 1.807) is 31.4 Å². The predicted octanol–water partition coefficient (Wildman–Crippen LogP) is 1.52. The molecule has 1 fully saturated rings. The number of benzene rings is 1. The van der Waals surface area contributed by atoms with Crippen LogP contribution in [0, 0.1) is 5.92 Å². The molecule has 0 bridgehead atoms. The largest absolute Gasteiger partial charge is 0.497 e. The minimum atomic E-state index is -0.0420. The SMILES string of the molecule is CCC[C@H]1CN(CCO)C[C@@H]1NC(=O)c1ccc(OC)cc1. The van der Waals surface area contributed by atoms with Crippen LogP contribution in [0.15, 0.2) is 24.3 Å². The van der Waals surface area contributed by atoms with E-state index in [0.717, 1.165) is 31.7 Å². The number of methoxy groups -OCH3 is 1. The highest BCUT2D eigenvalue weighted by molar-refractivity contribution is 5.94. The van der Waals surface area contributed by atoms with E-state index < -0.39 is 0 Å². The number of hydrogen-bond acceptors (Lipinski definition) is 4. The Hall–Kier alpha value is -1.59. The third-order valence-corrected chi connectivity index (χ3v) is 4.26. The topological polar surface area (TPSA) is 61.8 Å². The maximum atomic E-state index is 12.4. The molecular weight excluding hydrogens is 280 g/mol. The number of carbonyl (C=O) groups excluding carboxylic acids is 1. The summed E-state index contributed by atoms with van der Waals surface area (Å²) in [5.41, 5.74) is 0.650. The Morgan fingerprint density at radius 3 is 2.68 bits per heavy atom. The molecule has 1 aliphatic rings. The summed E-state index contributed by atoms with van der Waals surface area (Å²) in [6.07, 6.45) is 2.20. The van der Waals surface area contributed by atoms with Crippen molar-refractivity contribution in [2.24, 2.45) is 5.92 Å². The van der Waals surface area contributed by atoms with Gasteiger partial charge in [-0.25, -0.2) is 0 Å². The molecule has 1 heterocycles. The van der Waals surface area contributed by atoms with Crippen molar-refractivity contribution in [2.45, 2.75) is 25.8 Å². The van der Waals surface area contributed by atoms with E-state index in [0.29, 0.717) is 18.0 Å². The van der Waals surface area contributed by atoms with Gasteiger partial charge in [0.2, 0.25) is 0 Å². The normalized spacial score (nSPS) is 21.8. The van der Waals surface area contributed by atoms with Crippen LogP contribution in [-0.2, 0) is 0 Å². The second-order valence-corrected chi connectivity index (χ2v) is 5.84. The van der Waals surface area contributed by atoms with Crippen molar-refractivity contribution >= 4 is 5.91 Å². The van der Waals surface area contributed by atoms with Crippen LogP contribution in [0.1, 0.15) is 30.1 Å². The minimum Gasteiger partial charge on any atom is -0.497 e. The molecule has 1 aromatic carbocycles. The fourth-order valence-electron chi connectivity index (χ4n) is 3.11. The van der Waals surface area contributed by atoms with Crippen molar-refractivity contribution in [3.8, 4) is 5.75 Å². The number of likely N-dealkylation sites (tertiary alicyclic amines) is 1. The Morgan fingerprint density at radius 2 is 2.09 bits per heavy atom. The van der Waals surface area contributed by atoms with E-state index in [1.807, 2.05) is 0 Å². The Morgan fingerprint density at radius 1 is 1.36 bits per heavy atom. The van der Waals surface area contributed by atoms with Crippen LogP contribution in [0.4, 0.5) is 0 Å². The Bertz CT molecular complexity index is 475. The average molecular weight is 306 g/mol. The van der Waals surface area contributed by atoms with Gasteiger partial charge < -0.3 is 15.2 Å². The molecule has 0 radical (unpaired) electrons. The third kappa shape index (κ3) is 4.21. The van der Waals surface area contributed by atoms with Gasteiger partial charge in [0.1, 0.15) is 5.75 Å². The summed E-state index contributed by atoms with van der Waals surface area (Å²) in [4.78, 5) is 14.6. The van der Waals surface area contributed by atoms with Crippen molar-refractivity contribution in [3.05, 3.63) is 29.8 Å². The van der Waals surface area contributed by atoms with Crippen LogP contribution in [0.25, 0.3) is 0 Å². The lowest BCUT2D eigenvalue weighted by molar-refractivity contribution is 0.0929. The number of β-amino-alcohol motifs (C(OH)–C–C–N with tert-alkyl or cyclic N) is 1. The summed E-state index contributed by atoms with van der Waals surface area (Å²) in [5, 5.41) is 12.3. The molecule has 2 atom stereocenters. The quantitative estimate of drug-likeness (QED) is 0.802. The van der Waals surface area contributed by atoms with Gasteiger partial charge in [0.05, 0.1) is 13.7 Å². The highest BCUT2D eigenvalue weighted by Gasteiger charge is 2.32. The lowest BCUT2D eigenvalue weighted by Gasteiger charge is -2.19. The predicted molar refractivity (Wildman–Crippen MR) is 86.2 cm³/mol. The molecule has 0 unspecified atom stereocenters. The van der Waals surface area contributed by atoms with Crippen molar-refractivity contribution in [1.82, 2.24) is 10.2 Å². The minimum absolute atomic E-state index is 0.0420. The monoisotopic (exact) mass is 306 g/mol. The molecule has 122 valence electrons. The van der Waals surface area contributed by atoms with Crippen molar-refractivity contribution in [2.75, 3.05) is 33.4 Å². The van der Waals surface area contributed by atoms with Gasteiger partial charge in [0.25, 0.3) is 5.91 Å². The molecule has 1 saturated heterocycles. The lowest BCUT2D eigenvalue weighted by Crippen LogP contribution is -2.40. The second kappa shape index (κ2) is 8.15. The number of amides is 1. The van der Waals surface area contributed by atoms with E-state index in [-0.39, 0.29) is 18.6 Å². The Balaban J connectivity index is 1.98. The summed E-state index contributed by atoms with van der Waals surface area (Å²) < 4.78 is 5.11. The summed E-state index contributed by atoms with van der Waals surface area (Å²) in [6, 6.07) is 7.31. The lowest BCUT2D eigenvalue weighted by atomic mass is 9.98. The smallest absolute Gasteiger partial charge is 0.251 e. The van der Waals surface area contributed by atoms with Crippen molar-refractivity contribution < 1.29 is 14.6 Å². The number of aliphatic hydroxyl groups is 1. The van der Waals surface area contributed by atoms with Gasteiger partial charge in [0, 0.05) is 31.2 Å².